The number of nitrogens with zero attached hydrogens (tertiary/aromatic N) is 2. The zero-order valence-corrected chi connectivity index (χ0v) is 36.9. The number of hydrogen-bond donors (Lipinski definition) is 2. The Morgan fingerprint density at radius 1 is 0.689 bits per heavy atom. The molecule has 0 aliphatic heterocycles. The number of ether oxygens (including phenoxy) is 4. The zero-order valence-electron chi connectivity index (χ0n) is 36.9. The topological polar surface area (TPSA) is 196 Å². The summed E-state index contributed by atoms with van der Waals surface area (Å²) in [5, 5.41) is 4.77. The largest absolute Gasteiger partial charge is 0.456 e. The third kappa shape index (κ3) is 20.4. The van der Waals surface area contributed by atoms with Crippen LogP contribution < -0.4 is 15.4 Å². The lowest BCUT2D eigenvalue weighted by molar-refractivity contribution is -0.191. The number of amides is 3. The first-order valence-electron chi connectivity index (χ1n) is 19.3. The van der Waals surface area contributed by atoms with Crippen LogP contribution in [-0.4, -0.2) is 70.4 Å². The van der Waals surface area contributed by atoms with Gasteiger partial charge >= 0.3 is 30.3 Å². The fourth-order valence-electron chi connectivity index (χ4n) is 5.21. The van der Waals surface area contributed by atoms with Crippen LogP contribution in [0.25, 0.3) is 0 Å². The van der Waals surface area contributed by atoms with Gasteiger partial charge in [0.15, 0.2) is 0 Å². The predicted molar refractivity (Wildman–Crippen MR) is 223 cm³/mol. The number of halogens is 1. The summed E-state index contributed by atoms with van der Waals surface area (Å²) in [5.41, 5.74) is -0.736. The lowest BCUT2D eigenvalue weighted by Gasteiger charge is -2.30. The van der Waals surface area contributed by atoms with Gasteiger partial charge in [0, 0.05) is 25.6 Å². The van der Waals surface area contributed by atoms with Crippen molar-refractivity contribution in [2.24, 2.45) is 10.4 Å². The molecule has 3 aromatic carbocycles. The van der Waals surface area contributed by atoms with Gasteiger partial charge in [0.1, 0.15) is 28.4 Å². The Morgan fingerprint density at radius 2 is 1.23 bits per heavy atom. The average Bonchev–Trinajstić information content (AvgIpc) is 3.08. The molecule has 0 heterocycles. The maximum Gasteiger partial charge on any atom is 0.414 e. The number of guanidine groups is 1. The van der Waals surface area contributed by atoms with E-state index in [1.165, 1.54) is 36.4 Å². The average molecular weight is 849 g/mol. The third-order valence-corrected chi connectivity index (χ3v) is 7.38. The van der Waals surface area contributed by atoms with Crippen molar-refractivity contribution in [3.8, 4) is 5.75 Å². The molecule has 330 valence electrons. The molecule has 61 heavy (non-hydrogen) atoms. The number of carbonyl (C=O) groups is 5. The van der Waals surface area contributed by atoms with Gasteiger partial charge in [-0.15, -0.1) is 0 Å². The molecule has 16 heteroatoms. The first kappa shape index (κ1) is 50.7. The molecule has 0 radical (unpaired) electrons. The number of esters is 2. The molecule has 0 aliphatic rings. The highest BCUT2D eigenvalue weighted by atomic mass is 19.1. The number of benzene rings is 3. The molecule has 0 saturated carbocycles. The Morgan fingerprint density at radius 3 is 1.72 bits per heavy atom. The van der Waals surface area contributed by atoms with E-state index in [2.05, 4.69) is 15.6 Å². The van der Waals surface area contributed by atoms with Crippen LogP contribution in [0.3, 0.4) is 0 Å². The lowest BCUT2D eigenvalue weighted by Crippen LogP contribution is -2.47. The van der Waals surface area contributed by atoms with Crippen molar-refractivity contribution in [3.05, 3.63) is 94.8 Å². The molecule has 0 unspecified atom stereocenters. The number of rotatable bonds is 10. The van der Waals surface area contributed by atoms with Crippen molar-refractivity contribution in [2.75, 3.05) is 6.54 Å². The van der Waals surface area contributed by atoms with E-state index >= 15 is 4.39 Å². The summed E-state index contributed by atoms with van der Waals surface area (Å²) in [6.45, 7) is 22.2. The van der Waals surface area contributed by atoms with Crippen molar-refractivity contribution < 1.29 is 56.9 Å². The van der Waals surface area contributed by atoms with E-state index in [1.807, 2.05) is 26.8 Å². The van der Waals surface area contributed by atoms with Crippen LogP contribution in [0.15, 0.2) is 71.7 Å². The van der Waals surface area contributed by atoms with E-state index in [9.17, 15) is 24.0 Å². The summed E-state index contributed by atoms with van der Waals surface area (Å²) in [5.74, 6) is -2.37. The number of alkyl carbamates (subject to hydrolysis) is 2. The Kier molecular flexibility index (Phi) is 18.1. The summed E-state index contributed by atoms with van der Waals surface area (Å²) in [6, 6.07) is 16.7. The molecular weight excluding hydrogens is 792 g/mol. The second kappa shape index (κ2) is 21.7. The Labute approximate surface area is 356 Å². The number of hydrogen-bond acceptors (Lipinski definition) is 12. The Balaban J connectivity index is 0.00000414. The van der Waals surface area contributed by atoms with Crippen LogP contribution in [0.2, 0.25) is 0 Å². The fraction of sp³-hybridized carbons (Fsp3) is 0.444. The number of carbonyl (C=O) groups excluding carboxylic acids is 7. The van der Waals surface area contributed by atoms with Gasteiger partial charge in [0.25, 0.3) is 0 Å². The first-order chi connectivity index (χ1) is 28.1. The Hall–Kier alpha value is -6.41. The molecule has 0 fully saturated rings. The molecule has 3 amide bonds. The van der Waals surface area contributed by atoms with Crippen LogP contribution in [0.5, 0.6) is 5.75 Å². The fourth-order valence-corrected chi connectivity index (χ4v) is 5.21. The maximum absolute atomic E-state index is 15.3. The molecule has 0 bridgehead atoms. The normalized spacial score (nSPS) is 11.4. The van der Waals surface area contributed by atoms with Crippen LogP contribution >= 0.6 is 0 Å². The van der Waals surface area contributed by atoms with Crippen molar-refractivity contribution in [2.45, 2.75) is 119 Å². The third-order valence-electron chi connectivity index (χ3n) is 7.38. The summed E-state index contributed by atoms with van der Waals surface area (Å²) in [4.78, 5) is 86.2. The number of aliphatic imine (C=N–C) groups is 1. The van der Waals surface area contributed by atoms with E-state index in [1.54, 1.807) is 85.4 Å². The van der Waals surface area contributed by atoms with Gasteiger partial charge in [0.05, 0.1) is 16.8 Å². The minimum Gasteiger partial charge on any atom is -0.456 e. The van der Waals surface area contributed by atoms with Crippen molar-refractivity contribution in [3.63, 3.8) is 0 Å². The molecule has 0 spiro atoms. The highest BCUT2D eigenvalue weighted by Crippen LogP contribution is 2.23. The number of aryl methyl sites for hydroxylation is 1. The van der Waals surface area contributed by atoms with Crippen LogP contribution in [0.1, 0.15) is 121 Å². The Bertz CT molecular complexity index is 2050. The second-order valence-electron chi connectivity index (χ2n) is 18.0. The van der Waals surface area contributed by atoms with Crippen LogP contribution in [-0.2, 0) is 41.6 Å². The van der Waals surface area contributed by atoms with E-state index in [0.717, 1.165) is 11.6 Å². The number of nitrogens with one attached hydrogen (secondary N) is 2. The highest BCUT2D eigenvalue weighted by Gasteiger charge is 2.24. The second-order valence-corrected chi connectivity index (χ2v) is 18.0. The maximum atomic E-state index is 15.3. The monoisotopic (exact) mass is 848 g/mol. The summed E-state index contributed by atoms with van der Waals surface area (Å²) in [7, 11) is 0. The van der Waals surface area contributed by atoms with Crippen LogP contribution in [0, 0.1) is 11.2 Å². The van der Waals surface area contributed by atoms with Crippen molar-refractivity contribution >= 4 is 47.8 Å². The minimum absolute atomic E-state index is 0.0228. The summed E-state index contributed by atoms with van der Waals surface area (Å²) < 4.78 is 36.7. The van der Waals surface area contributed by atoms with E-state index < -0.39 is 46.7 Å². The van der Waals surface area contributed by atoms with Gasteiger partial charge in [-0.2, -0.15) is 9.59 Å². The molecule has 0 aromatic heterocycles. The van der Waals surface area contributed by atoms with E-state index in [4.69, 9.17) is 28.5 Å². The molecule has 0 aliphatic carbocycles. The SMILES string of the molecule is CC(C)(C)CN(Cc1cccc(C(=O)OC(C)(C)C)c1)C(=O)CCc1ccc(OC(=O)c2ccc(N=C(NC(=O)OC(C)(C)C)NC(=O)OC(C)(C)C)cc2)cc1F.O=C=O. The molecular formula is C45H57FN4O11. The van der Waals surface area contributed by atoms with Gasteiger partial charge in [-0.25, -0.2) is 28.6 Å². The lowest BCUT2D eigenvalue weighted by atomic mass is 9.95. The molecule has 15 nitrogen and oxygen atoms in total. The van der Waals surface area contributed by atoms with Crippen LogP contribution in [0.4, 0.5) is 19.7 Å². The van der Waals surface area contributed by atoms with Crippen molar-refractivity contribution in [1.29, 1.82) is 0 Å². The van der Waals surface area contributed by atoms with Gasteiger partial charge in [-0.05, 0) is 128 Å². The minimum atomic E-state index is -0.866. The predicted octanol–water partition coefficient (Wildman–Crippen LogP) is 8.46. The van der Waals surface area contributed by atoms with Gasteiger partial charge in [-0.3, -0.25) is 15.4 Å². The molecule has 0 atom stereocenters. The van der Waals surface area contributed by atoms with Crippen molar-refractivity contribution in [1.82, 2.24) is 15.5 Å². The van der Waals surface area contributed by atoms with E-state index in [0.29, 0.717) is 12.1 Å². The van der Waals surface area contributed by atoms with Gasteiger partial charge < -0.3 is 23.8 Å². The summed E-state index contributed by atoms with van der Waals surface area (Å²) >= 11 is 0. The standard InChI is InChI=1S/C44H57FN4O9.CO2/c1-41(2,3)27-49(26-28-14-13-15-31(24-28)37(52)56-42(4,5)6)35(50)23-19-29-18-22-33(25-34(29)45)55-36(51)30-16-20-32(21-17-30)46-38(47-39(53)57-43(7,8)9)48-40(54)58-44(10,11)12;2-1-3/h13-18,20-22,24-25H,19,23,26-27H2,1-12H3,(H2,46,47,48,53,54);. The molecule has 0 saturated heterocycles. The molecule has 3 aromatic rings. The quantitative estimate of drug-likeness (QED) is 0.0653. The molecule has 2 N–H and O–H groups in total. The van der Waals surface area contributed by atoms with E-state index in [-0.39, 0.29) is 65.4 Å². The van der Waals surface area contributed by atoms with Gasteiger partial charge in [-0.1, -0.05) is 39.0 Å². The molecule has 3 rings (SSSR count). The zero-order chi connectivity index (χ0) is 46.3. The first-order valence-corrected chi connectivity index (χ1v) is 19.3. The highest BCUT2D eigenvalue weighted by molar-refractivity contribution is 6.02. The van der Waals surface area contributed by atoms with Gasteiger partial charge in [0.2, 0.25) is 11.9 Å². The summed E-state index contributed by atoms with van der Waals surface area (Å²) in [6.07, 6.45) is -1.36. The smallest absolute Gasteiger partial charge is 0.414 e.